The first kappa shape index (κ1) is 15.3. The van der Waals surface area contributed by atoms with Crippen molar-refractivity contribution in [2.24, 2.45) is 12.0 Å². The lowest BCUT2D eigenvalue weighted by Gasteiger charge is -2.06. The highest BCUT2D eigenvalue weighted by Gasteiger charge is 2.23. The summed E-state index contributed by atoms with van der Waals surface area (Å²) in [6, 6.07) is 9.28. The van der Waals surface area contributed by atoms with Crippen LogP contribution in [0.2, 0.25) is 5.02 Å². The zero-order valence-corrected chi connectivity index (χ0v) is 14.8. The van der Waals surface area contributed by atoms with E-state index in [2.05, 4.69) is 0 Å². The fourth-order valence-corrected chi connectivity index (χ4v) is 3.94. The largest absolute Gasteiger partial charge is 0.318 e. The number of hydrogen-bond donors (Lipinski definition) is 0. The van der Waals surface area contributed by atoms with Crippen molar-refractivity contribution in [3.05, 3.63) is 73.7 Å². The molecule has 0 N–H and O–H groups in total. The van der Waals surface area contributed by atoms with Gasteiger partial charge in [-0.1, -0.05) is 23.7 Å². The second-order valence-electron chi connectivity index (χ2n) is 5.74. The van der Waals surface area contributed by atoms with E-state index in [1.165, 1.54) is 0 Å². The molecule has 0 atom stereocenters. The van der Waals surface area contributed by atoms with E-state index in [1.54, 1.807) is 29.0 Å². The van der Waals surface area contributed by atoms with Crippen LogP contribution in [-0.2, 0) is 13.6 Å². The summed E-state index contributed by atoms with van der Waals surface area (Å²) in [5.41, 5.74) is 4.64. The number of aryl methyl sites for hydroxylation is 2. The summed E-state index contributed by atoms with van der Waals surface area (Å²) in [5, 5.41) is 1.66. The molecule has 3 heterocycles. The Kier molecular flexibility index (Phi) is 3.62. The topological polar surface area (TPSA) is 47.2 Å². The molecule has 1 aliphatic rings. The molecule has 3 aromatic rings. The second kappa shape index (κ2) is 5.69. The van der Waals surface area contributed by atoms with Crippen molar-refractivity contribution in [2.75, 3.05) is 0 Å². The van der Waals surface area contributed by atoms with E-state index >= 15 is 0 Å². The molecule has 120 valence electrons. The van der Waals surface area contributed by atoms with Gasteiger partial charge in [-0.2, -0.15) is 0 Å². The van der Waals surface area contributed by atoms with Crippen LogP contribution in [0.1, 0.15) is 21.8 Å². The van der Waals surface area contributed by atoms with Gasteiger partial charge in [0.15, 0.2) is 0 Å². The van der Waals surface area contributed by atoms with E-state index in [-0.39, 0.29) is 5.56 Å². The minimum atomic E-state index is -0.0262. The van der Waals surface area contributed by atoms with Gasteiger partial charge in [0.25, 0.3) is 5.56 Å². The molecule has 0 aliphatic carbocycles. The Balaban J connectivity index is 1.97. The lowest BCUT2D eigenvalue weighted by Crippen LogP contribution is -2.16. The van der Waals surface area contributed by atoms with Crippen LogP contribution in [0.5, 0.6) is 0 Å². The number of nitrogens with zero attached hydrogens (tertiary/aromatic N) is 3. The summed E-state index contributed by atoms with van der Waals surface area (Å²) in [6.07, 6.45) is 1.88. The van der Waals surface area contributed by atoms with Gasteiger partial charge < -0.3 is 4.57 Å². The molecule has 0 fully saturated rings. The molecule has 1 aliphatic heterocycles. The van der Waals surface area contributed by atoms with Crippen molar-refractivity contribution in [3.63, 3.8) is 0 Å². The predicted molar refractivity (Wildman–Crippen MR) is 98.3 cm³/mol. The number of halogens is 1. The Morgan fingerprint density at radius 1 is 1.25 bits per heavy atom. The number of thiazole rings is 1. The minimum absolute atomic E-state index is 0.0262. The van der Waals surface area contributed by atoms with E-state index in [9.17, 15) is 4.79 Å². The van der Waals surface area contributed by atoms with Crippen LogP contribution in [-0.4, -0.2) is 15.3 Å². The lowest BCUT2D eigenvalue weighted by atomic mass is 10.0. The van der Waals surface area contributed by atoms with Crippen LogP contribution in [0.15, 0.2) is 46.3 Å². The number of aliphatic imine (C=N–C) groups is 1. The maximum Gasteiger partial charge on any atom is 0.250 e. The fraction of sp³-hybridized carbons (Fsp3) is 0.167. The van der Waals surface area contributed by atoms with Crippen LogP contribution < -0.4 is 5.56 Å². The molecule has 0 saturated heterocycles. The highest BCUT2D eigenvalue weighted by atomic mass is 35.5. The minimum Gasteiger partial charge on any atom is -0.318 e. The van der Waals surface area contributed by atoms with Crippen LogP contribution in [0.4, 0.5) is 0 Å². The van der Waals surface area contributed by atoms with E-state index in [0.29, 0.717) is 11.6 Å². The first-order valence-electron chi connectivity index (χ1n) is 7.51. The van der Waals surface area contributed by atoms with Gasteiger partial charge in [-0.05, 0) is 24.6 Å². The second-order valence-corrected chi connectivity index (χ2v) is 7.38. The molecule has 0 bridgehead atoms. The van der Waals surface area contributed by atoms with Crippen molar-refractivity contribution in [1.29, 1.82) is 0 Å². The molecule has 24 heavy (non-hydrogen) atoms. The molecule has 0 amide bonds. The molecule has 0 spiro atoms. The summed E-state index contributed by atoms with van der Waals surface area (Å²) in [6.45, 7) is 2.45. The van der Waals surface area contributed by atoms with Crippen molar-refractivity contribution in [2.45, 2.75) is 13.5 Å². The lowest BCUT2D eigenvalue weighted by molar-refractivity contribution is 0.852. The normalized spacial score (nSPS) is 13.0. The van der Waals surface area contributed by atoms with Crippen LogP contribution in [0.3, 0.4) is 0 Å². The van der Waals surface area contributed by atoms with Crippen molar-refractivity contribution >= 4 is 28.6 Å². The molecule has 2 aromatic heterocycles. The van der Waals surface area contributed by atoms with Crippen LogP contribution in [0, 0.1) is 6.92 Å². The Morgan fingerprint density at radius 3 is 2.75 bits per heavy atom. The molecule has 6 heteroatoms. The van der Waals surface area contributed by atoms with E-state index in [0.717, 1.165) is 38.0 Å². The Hall–Kier alpha value is -2.24. The molecule has 4 nitrogen and oxygen atoms in total. The van der Waals surface area contributed by atoms with Gasteiger partial charge >= 0.3 is 0 Å². The van der Waals surface area contributed by atoms with E-state index < -0.39 is 0 Å². The van der Waals surface area contributed by atoms with Crippen molar-refractivity contribution in [3.8, 4) is 10.4 Å². The number of pyridine rings is 1. The molecule has 0 unspecified atom stereocenters. The van der Waals surface area contributed by atoms with Gasteiger partial charge in [0.2, 0.25) is 0 Å². The molecule has 4 rings (SSSR count). The average molecular weight is 356 g/mol. The van der Waals surface area contributed by atoms with Crippen molar-refractivity contribution < 1.29 is 0 Å². The summed E-state index contributed by atoms with van der Waals surface area (Å²) < 4.78 is 1.60. The number of benzene rings is 1. The SMILES string of the molecule is Cc1nc2c(s1)-c1cn(C)c(=O)cc1CN=C2c1ccc(Cl)cc1. The number of rotatable bonds is 1. The smallest absolute Gasteiger partial charge is 0.250 e. The van der Waals surface area contributed by atoms with Gasteiger partial charge in [-0.15, -0.1) is 11.3 Å². The molecular formula is C18H14ClN3OS. The Morgan fingerprint density at radius 2 is 2.00 bits per heavy atom. The number of aromatic nitrogens is 2. The van der Waals surface area contributed by atoms with Crippen LogP contribution >= 0.6 is 22.9 Å². The summed E-state index contributed by atoms with van der Waals surface area (Å²) in [7, 11) is 1.77. The third kappa shape index (κ3) is 2.50. The van der Waals surface area contributed by atoms with Gasteiger partial charge in [0.1, 0.15) is 5.69 Å². The molecule has 0 saturated carbocycles. The van der Waals surface area contributed by atoms with E-state index in [4.69, 9.17) is 21.6 Å². The molecule has 1 aromatic carbocycles. The monoisotopic (exact) mass is 355 g/mol. The Bertz CT molecular complexity index is 1030. The third-order valence-electron chi connectivity index (χ3n) is 4.04. The van der Waals surface area contributed by atoms with Crippen molar-refractivity contribution in [1.82, 2.24) is 9.55 Å². The zero-order valence-electron chi connectivity index (χ0n) is 13.2. The quantitative estimate of drug-likeness (QED) is 0.666. The maximum atomic E-state index is 12.0. The predicted octanol–water partition coefficient (Wildman–Crippen LogP) is 3.82. The summed E-state index contributed by atoms with van der Waals surface area (Å²) in [5.74, 6) is 0. The number of hydrogen-bond acceptors (Lipinski definition) is 4. The molecule has 0 radical (unpaired) electrons. The standard InChI is InChI=1S/C18H14ClN3OS/c1-10-21-17-16(11-3-5-13(19)6-4-11)20-8-12-7-15(23)22(2)9-14(12)18(17)24-10/h3-7,9H,8H2,1-2H3. The molecular weight excluding hydrogens is 342 g/mol. The van der Waals surface area contributed by atoms with Gasteiger partial charge in [-0.25, -0.2) is 4.98 Å². The maximum absolute atomic E-state index is 12.0. The summed E-state index contributed by atoms with van der Waals surface area (Å²) in [4.78, 5) is 22.5. The van der Waals surface area contributed by atoms with Gasteiger partial charge in [0.05, 0.1) is 22.1 Å². The first-order valence-corrected chi connectivity index (χ1v) is 8.70. The fourth-order valence-electron chi connectivity index (χ4n) is 2.85. The highest BCUT2D eigenvalue weighted by Crippen LogP contribution is 2.36. The van der Waals surface area contributed by atoms with Gasteiger partial charge in [-0.3, -0.25) is 9.79 Å². The number of fused-ring (bicyclic) bond motifs is 3. The van der Waals surface area contributed by atoms with Crippen LogP contribution in [0.25, 0.3) is 10.4 Å². The zero-order chi connectivity index (χ0) is 16.8. The van der Waals surface area contributed by atoms with E-state index in [1.807, 2.05) is 37.4 Å². The summed E-state index contributed by atoms with van der Waals surface area (Å²) >= 11 is 7.63. The highest BCUT2D eigenvalue weighted by molar-refractivity contribution is 7.15. The third-order valence-corrected chi connectivity index (χ3v) is 5.30. The Labute approximate surface area is 148 Å². The first-order chi connectivity index (χ1) is 11.5. The van der Waals surface area contributed by atoms with Gasteiger partial charge in [0, 0.05) is 35.5 Å². The average Bonchev–Trinajstić information content (AvgIpc) is 2.87.